The third-order valence-corrected chi connectivity index (χ3v) is 2.16. The van der Waals surface area contributed by atoms with E-state index in [0.717, 1.165) is 0 Å². The molecule has 1 unspecified atom stereocenters. The topological polar surface area (TPSA) is 116 Å². The van der Waals surface area contributed by atoms with Gasteiger partial charge in [-0.2, -0.15) is 5.21 Å². The number of carbonyl (C=O) groups is 1. The molecule has 0 spiro atoms. The van der Waals surface area contributed by atoms with Crippen LogP contribution in [0.1, 0.15) is 29.1 Å². The summed E-state index contributed by atoms with van der Waals surface area (Å²) in [6.07, 6.45) is 1.46. The van der Waals surface area contributed by atoms with Crippen molar-refractivity contribution in [2.75, 3.05) is 0 Å². The van der Waals surface area contributed by atoms with Crippen LogP contribution >= 0.6 is 0 Å². The molecule has 0 saturated heterocycles. The van der Waals surface area contributed by atoms with Gasteiger partial charge in [-0.05, 0) is 19.1 Å². The van der Waals surface area contributed by atoms with Gasteiger partial charge in [0.25, 0.3) is 11.5 Å². The first-order valence-corrected chi connectivity index (χ1v) is 4.90. The van der Waals surface area contributed by atoms with Crippen molar-refractivity contribution in [3.8, 4) is 0 Å². The number of nitrogens with one attached hydrogen (secondary N) is 3. The Kier molecular flexibility index (Phi) is 2.95. The number of tetrazole rings is 1. The van der Waals surface area contributed by atoms with Crippen molar-refractivity contribution in [1.82, 2.24) is 30.9 Å². The number of pyridine rings is 1. The summed E-state index contributed by atoms with van der Waals surface area (Å²) in [5.74, 6) is -0.130. The normalized spacial score (nSPS) is 12.1. The van der Waals surface area contributed by atoms with E-state index in [-0.39, 0.29) is 5.56 Å². The van der Waals surface area contributed by atoms with E-state index in [1.807, 2.05) is 0 Å². The number of aromatic nitrogens is 5. The summed E-state index contributed by atoms with van der Waals surface area (Å²) in [4.78, 5) is 25.5. The van der Waals surface area contributed by atoms with Crippen LogP contribution < -0.4 is 10.9 Å². The van der Waals surface area contributed by atoms with Gasteiger partial charge in [-0.25, -0.2) is 0 Å². The van der Waals surface area contributed by atoms with Crippen LogP contribution in [0.3, 0.4) is 0 Å². The average molecular weight is 234 g/mol. The molecular formula is C9H10N6O2. The lowest BCUT2D eigenvalue weighted by Crippen LogP contribution is -2.31. The summed E-state index contributed by atoms with van der Waals surface area (Å²) in [6.45, 7) is 1.69. The first-order valence-electron chi connectivity index (χ1n) is 4.90. The highest BCUT2D eigenvalue weighted by atomic mass is 16.2. The highest BCUT2D eigenvalue weighted by Crippen LogP contribution is 2.04. The van der Waals surface area contributed by atoms with Gasteiger partial charge in [0.2, 0.25) is 0 Å². The number of hydrogen-bond acceptors (Lipinski definition) is 5. The molecule has 0 aliphatic heterocycles. The fraction of sp³-hybridized carbons (Fsp3) is 0.222. The molecule has 0 fully saturated rings. The second-order valence-corrected chi connectivity index (χ2v) is 3.38. The monoisotopic (exact) mass is 234 g/mol. The molecule has 8 heteroatoms. The zero-order chi connectivity index (χ0) is 12.3. The van der Waals surface area contributed by atoms with Crippen molar-refractivity contribution in [2.45, 2.75) is 13.0 Å². The highest BCUT2D eigenvalue weighted by Gasteiger charge is 2.16. The number of amides is 1. The molecule has 1 amide bonds. The smallest absolute Gasteiger partial charge is 0.260 e. The zero-order valence-electron chi connectivity index (χ0n) is 8.97. The van der Waals surface area contributed by atoms with Gasteiger partial charge in [0, 0.05) is 6.20 Å². The first-order chi connectivity index (χ1) is 8.18. The second kappa shape index (κ2) is 4.56. The van der Waals surface area contributed by atoms with Crippen molar-refractivity contribution in [1.29, 1.82) is 0 Å². The molecule has 2 aromatic heterocycles. The highest BCUT2D eigenvalue weighted by molar-refractivity contribution is 5.93. The van der Waals surface area contributed by atoms with Crippen LogP contribution in [0, 0.1) is 0 Å². The second-order valence-electron chi connectivity index (χ2n) is 3.38. The lowest BCUT2D eigenvalue weighted by Gasteiger charge is -2.08. The maximum absolute atomic E-state index is 11.8. The summed E-state index contributed by atoms with van der Waals surface area (Å²) in [7, 11) is 0. The fourth-order valence-electron chi connectivity index (χ4n) is 1.29. The molecule has 0 aliphatic rings. The molecule has 0 aromatic carbocycles. The molecule has 0 saturated carbocycles. The molecular weight excluding hydrogens is 224 g/mol. The predicted molar refractivity (Wildman–Crippen MR) is 57.1 cm³/mol. The first kappa shape index (κ1) is 11.0. The van der Waals surface area contributed by atoms with Gasteiger partial charge >= 0.3 is 0 Å². The molecule has 0 aliphatic carbocycles. The number of H-pyrrole nitrogens is 2. The molecule has 2 heterocycles. The molecule has 2 aromatic rings. The SMILES string of the molecule is CC(NC(=O)c1ccc[nH]c1=O)c1nn[nH]n1. The van der Waals surface area contributed by atoms with Crippen LogP contribution in [-0.4, -0.2) is 31.5 Å². The van der Waals surface area contributed by atoms with Crippen molar-refractivity contribution in [2.24, 2.45) is 0 Å². The van der Waals surface area contributed by atoms with Gasteiger partial charge in [0.1, 0.15) is 5.56 Å². The van der Waals surface area contributed by atoms with Gasteiger partial charge < -0.3 is 10.3 Å². The largest absolute Gasteiger partial charge is 0.342 e. The zero-order valence-corrected chi connectivity index (χ0v) is 8.97. The lowest BCUT2D eigenvalue weighted by atomic mass is 10.2. The summed E-state index contributed by atoms with van der Waals surface area (Å²) in [5.41, 5.74) is -0.395. The summed E-state index contributed by atoms with van der Waals surface area (Å²) < 4.78 is 0. The number of nitrogens with zero attached hydrogens (tertiary/aromatic N) is 3. The van der Waals surface area contributed by atoms with E-state index >= 15 is 0 Å². The van der Waals surface area contributed by atoms with Crippen LogP contribution in [-0.2, 0) is 0 Å². The van der Waals surface area contributed by atoms with E-state index in [2.05, 4.69) is 30.9 Å². The number of hydrogen-bond donors (Lipinski definition) is 3. The van der Waals surface area contributed by atoms with Crippen molar-refractivity contribution in [3.63, 3.8) is 0 Å². The van der Waals surface area contributed by atoms with Gasteiger partial charge in [-0.1, -0.05) is 5.21 Å². The van der Waals surface area contributed by atoms with Crippen LogP contribution in [0.15, 0.2) is 23.1 Å². The van der Waals surface area contributed by atoms with E-state index in [4.69, 9.17) is 0 Å². The van der Waals surface area contributed by atoms with Crippen LogP contribution in [0.4, 0.5) is 0 Å². The Balaban J connectivity index is 2.13. The van der Waals surface area contributed by atoms with E-state index in [1.54, 1.807) is 13.0 Å². The van der Waals surface area contributed by atoms with E-state index in [1.165, 1.54) is 12.3 Å². The van der Waals surface area contributed by atoms with Crippen LogP contribution in [0.2, 0.25) is 0 Å². The van der Waals surface area contributed by atoms with Crippen molar-refractivity contribution in [3.05, 3.63) is 40.1 Å². The minimum absolute atomic E-state index is 0.0443. The molecule has 1 atom stereocenters. The maximum Gasteiger partial charge on any atom is 0.260 e. The summed E-state index contributed by atoms with van der Waals surface area (Å²) in [6, 6.07) is 2.59. The Labute approximate surface area is 95.4 Å². The predicted octanol–water partition coefficient (Wildman–Crippen LogP) is -0.621. The number of carbonyl (C=O) groups excluding carboxylic acids is 1. The van der Waals surface area contributed by atoms with Gasteiger partial charge in [0.05, 0.1) is 6.04 Å². The lowest BCUT2D eigenvalue weighted by molar-refractivity contribution is 0.0936. The molecule has 17 heavy (non-hydrogen) atoms. The summed E-state index contributed by atoms with van der Waals surface area (Å²) >= 11 is 0. The third-order valence-electron chi connectivity index (χ3n) is 2.16. The van der Waals surface area contributed by atoms with E-state index in [0.29, 0.717) is 5.82 Å². The minimum atomic E-state index is -0.482. The van der Waals surface area contributed by atoms with Crippen molar-refractivity contribution >= 4 is 5.91 Å². The van der Waals surface area contributed by atoms with Crippen molar-refractivity contribution < 1.29 is 4.79 Å². The minimum Gasteiger partial charge on any atom is -0.342 e. The number of aromatic amines is 2. The Morgan fingerprint density at radius 2 is 2.35 bits per heavy atom. The Morgan fingerprint density at radius 3 is 3.00 bits per heavy atom. The van der Waals surface area contributed by atoms with Crippen LogP contribution in [0.25, 0.3) is 0 Å². The standard InChI is InChI=1S/C9H10N6O2/c1-5(7-12-14-15-13-7)11-9(17)6-3-2-4-10-8(6)16/h2-5H,1H3,(H,10,16)(H,11,17)(H,12,13,14,15). The molecule has 3 N–H and O–H groups in total. The Morgan fingerprint density at radius 1 is 1.53 bits per heavy atom. The molecule has 0 bridgehead atoms. The number of rotatable bonds is 3. The average Bonchev–Trinajstić information content (AvgIpc) is 2.82. The quantitative estimate of drug-likeness (QED) is 0.654. The van der Waals surface area contributed by atoms with Gasteiger partial charge in [-0.3, -0.25) is 9.59 Å². The molecule has 2 rings (SSSR count). The van der Waals surface area contributed by atoms with Gasteiger partial charge in [0.15, 0.2) is 5.82 Å². The molecule has 8 nitrogen and oxygen atoms in total. The van der Waals surface area contributed by atoms with E-state index < -0.39 is 17.5 Å². The maximum atomic E-state index is 11.8. The Bertz CT molecular complexity index is 561. The third kappa shape index (κ3) is 2.36. The molecule has 0 radical (unpaired) electrons. The fourth-order valence-corrected chi connectivity index (χ4v) is 1.29. The van der Waals surface area contributed by atoms with Gasteiger partial charge in [-0.15, -0.1) is 10.2 Å². The Hall–Kier alpha value is -2.51. The van der Waals surface area contributed by atoms with E-state index in [9.17, 15) is 9.59 Å². The summed E-state index contributed by atoms with van der Waals surface area (Å²) in [5, 5.41) is 15.7. The molecule has 88 valence electrons. The van der Waals surface area contributed by atoms with Crippen LogP contribution in [0.5, 0.6) is 0 Å².